The summed E-state index contributed by atoms with van der Waals surface area (Å²) in [5.41, 5.74) is 1.01. The van der Waals surface area contributed by atoms with E-state index in [4.69, 9.17) is 4.74 Å². The quantitative estimate of drug-likeness (QED) is 0.460. The maximum absolute atomic E-state index is 12.9. The lowest BCUT2D eigenvalue weighted by atomic mass is 10.2. The summed E-state index contributed by atoms with van der Waals surface area (Å²) in [4.78, 5) is 39.8. The molecule has 8 nitrogen and oxygen atoms in total. The summed E-state index contributed by atoms with van der Waals surface area (Å²) in [6.45, 7) is 10.6. The molecule has 0 aliphatic heterocycles. The van der Waals surface area contributed by atoms with Crippen LogP contribution in [0.25, 0.3) is 0 Å². The number of ether oxygens (including phenoxy) is 1. The molecule has 0 aliphatic rings. The molecule has 0 saturated carbocycles. The molecule has 8 heteroatoms. The van der Waals surface area contributed by atoms with Crippen LogP contribution in [0.4, 0.5) is 4.79 Å². The molecule has 0 aliphatic carbocycles. The number of nitrogens with one attached hydrogen (secondary N) is 1. The number of carbonyl (C=O) groups excluding carboxylic acids is 3. The number of hydrogen-bond acceptors (Lipinski definition) is 4. The van der Waals surface area contributed by atoms with E-state index in [1.807, 2.05) is 43.8 Å². The molecular weight excluding hydrogens is 360 g/mol. The average Bonchev–Trinajstić information content (AvgIpc) is 3.03. The van der Waals surface area contributed by atoms with Gasteiger partial charge < -0.3 is 24.4 Å². The second-order valence-electron chi connectivity index (χ2n) is 6.91. The first-order valence-electron chi connectivity index (χ1n) is 9.45. The van der Waals surface area contributed by atoms with Crippen molar-refractivity contribution in [1.82, 2.24) is 19.7 Å². The highest BCUT2D eigenvalue weighted by atomic mass is 16.5. The minimum Gasteiger partial charge on any atom is -0.465 e. The lowest BCUT2D eigenvalue weighted by molar-refractivity contribution is -0.141. The Hall–Kier alpha value is -2.77. The minimum atomic E-state index is -0.522. The van der Waals surface area contributed by atoms with Crippen LogP contribution in [0.5, 0.6) is 0 Å². The maximum Gasteiger partial charge on any atom is 0.325 e. The van der Waals surface area contributed by atoms with Gasteiger partial charge >= 0.3 is 12.0 Å². The van der Waals surface area contributed by atoms with Crippen molar-refractivity contribution in [3.63, 3.8) is 0 Å². The van der Waals surface area contributed by atoms with Gasteiger partial charge in [-0.2, -0.15) is 0 Å². The van der Waals surface area contributed by atoms with Crippen molar-refractivity contribution in [3.8, 4) is 0 Å². The van der Waals surface area contributed by atoms with Gasteiger partial charge in [0.1, 0.15) is 13.1 Å². The number of hydrogen-bond donors (Lipinski definition) is 1. The molecule has 1 heterocycles. The predicted molar refractivity (Wildman–Crippen MR) is 107 cm³/mol. The first kappa shape index (κ1) is 23.3. The Labute approximate surface area is 167 Å². The SMILES string of the molecule is C=CCN(CC(=O)N(Cc1cccn1C)CC(C)C)C(=O)NCC(=O)OCC. The Kier molecular flexibility index (Phi) is 9.84. The van der Waals surface area contributed by atoms with Gasteiger partial charge in [0.05, 0.1) is 13.2 Å². The van der Waals surface area contributed by atoms with Crippen molar-refractivity contribution in [3.05, 3.63) is 36.7 Å². The van der Waals surface area contributed by atoms with Crippen molar-refractivity contribution in [2.24, 2.45) is 13.0 Å². The van der Waals surface area contributed by atoms with E-state index in [0.29, 0.717) is 13.1 Å². The minimum absolute atomic E-state index is 0.0994. The second kappa shape index (κ2) is 11.8. The Morgan fingerprint density at radius 1 is 1.32 bits per heavy atom. The number of rotatable bonds is 11. The predicted octanol–water partition coefficient (Wildman–Crippen LogP) is 1.77. The van der Waals surface area contributed by atoms with Gasteiger partial charge in [-0.1, -0.05) is 19.9 Å². The van der Waals surface area contributed by atoms with Crippen molar-refractivity contribution in [2.75, 3.05) is 32.8 Å². The largest absolute Gasteiger partial charge is 0.465 e. The van der Waals surface area contributed by atoms with Crippen LogP contribution in [0.3, 0.4) is 0 Å². The first-order chi connectivity index (χ1) is 13.3. The number of esters is 1. The van der Waals surface area contributed by atoms with E-state index in [9.17, 15) is 14.4 Å². The highest BCUT2D eigenvalue weighted by molar-refractivity contribution is 5.86. The highest BCUT2D eigenvalue weighted by Gasteiger charge is 2.22. The average molecular weight is 393 g/mol. The van der Waals surface area contributed by atoms with Crippen molar-refractivity contribution in [2.45, 2.75) is 27.3 Å². The smallest absolute Gasteiger partial charge is 0.325 e. The lowest BCUT2D eigenvalue weighted by Gasteiger charge is -2.28. The molecule has 0 radical (unpaired) electrons. The topological polar surface area (TPSA) is 83.9 Å². The van der Waals surface area contributed by atoms with Crippen LogP contribution >= 0.6 is 0 Å². The van der Waals surface area contributed by atoms with E-state index in [0.717, 1.165) is 5.69 Å². The molecule has 1 aromatic rings. The van der Waals surface area contributed by atoms with Crippen LogP contribution in [0.1, 0.15) is 26.5 Å². The fraction of sp³-hybridized carbons (Fsp3) is 0.550. The Morgan fingerprint density at radius 2 is 2.04 bits per heavy atom. The van der Waals surface area contributed by atoms with Gasteiger partial charge in [0.15, 0.2) is 0 Å². The zero-order valence-electron chi connectivity index (χ0n) is 17.3. The molecule has 1 rings (SSSR count). The van der Waals surface area contributed by atoms with Gasteiger partial charge in [0.25, 0.3) is 0 Å². The Balaban J connectivity index is 2.78. The molecule has 0 saturated heterocycles. The zero-order chi connectivity index (χ0) is 21.1. The molecule has 0 bridgehead atoms. The standard InChI is InChI=1S/C20H32N4O4/c1-6-10-23(20(27)21-12-19(26)28-7-2)15-18(25)24(13-16(3)4)14-17-9-8-11-22(17)5/h6,8-9,11,16H,1,7,10,12-15H2,2-5H3,(H,21,27). The summed E-state index contributed by atoms with van der Waals surface area (Å²) >= 11 is 0. The Morgan fingerprint density at radius 3 is 2.57 bits per heavy atom. The first-order valence-corrected chi connectivity index (χ1v) is 9.45. The maximum atomic E-state index is 12.9. The van der Waals surface area contributed by atoms with Gasteiger partial charge in [-0.3, -0.25) is 9.59 Å². The van der Waals surface area contributed by atoms with E-state index in [1.165, 1.54) is 4.90 Å². The monoisotopic (exact) mass is 392 g/mol. The summed E-state index contributed by atoms with van der Waals surface area (Å²) in [7, 11) is 1.93. The summed E-state index contributed by atoms with van der Waals surface area (Å²) in [5.74, 6) is -0.399. The van der Waals surface area contributed by atoms with Crippen LogP contribution in [0.2, 0.25) is 0 Å². The second-order valence-corrected chi connectivity index (χ2v) is 6.91. The van der Waals surface area contributed by atoms with Gasteiger partial charge in [-0.05, 0) is 25.0 Å². The molecule has 3 amide bonds. The number of nitrogens with zero attached hydrogens (tertiary/aromatic N) is 3. The highest BCUT2D eigenvalue weighted by Crippen LogP contribution is 2.09. The molecule has 0 aromatic carbocycles. The van der Waals surface area contributed by atoms with E-state index in [2.05, 4.69) is 11.9 Å². The fourth-order valence-corrected chi connectivity index (χ4v) is 2.66. The van der Waals surface area contributed by atoms with E-state index < -0.39 is 12.0 Å². The molecule has 0 atom stereocenters. The third-order valence-electron chi connectivity index (χ3n) is 3.99. The van der Waals surface area contributed by atoms with Gasteiger partial charge in [-0.25, -0.2) is 4.79 Å². The van der Waals surface area contributed by atoms with E-state index >= 15 is 0 Å². The van der Waals surface area contributed by atoms with E-state index in [-0.39, 0.29) is 38.1 Å². The summed E-state index contributed by atoms with van der Waals surface area (Å²) in [5, 5.41) is 2.48. The number of amides is 3. The van der Waals surface area contributed by atoms with Crippen molar-refractivity contribution in [1.29, 1.82) is 0 Å². The van der Waals surface area contributed by atoms with E-state index in [1.54, 1.807) is 17.9 Å². The third kappa shape index (κ3) is 7.85. The van der Waals surface area contributed by atoms with Crippen LogP contribution < -0.4 is 5.32 Å². The number of aromatic nitrogens is 1. The van der Waals surface area contributed by atoms with Gasteiger partial charge in [0, 0.05) is 32.0 Å². The summed E-state index contributed by atoms with van der Waals surface area (Å²) in [6, 6.07) is 3.39. The van der Waals surface area contributed by atoms with Crippen LogP contribution in [-0.4, -0.2) is 65.1 Å². The fourth-order valence-electron chi connectivity index (χ4n) is 2.66. The molecule has 0 fully saturated rings. The summed E-state index contributed by atoms with van der Waals surface area (Å²) < 4.78 is 6.76. The normalized spacial score (nSPS) is 10.5. The molecule has 0 spiro atoms. The molecular formula is C20H32N4O4. The molecule has 0 unspecified atom stereocenters. The molecule has 1 N–H and O–H groups in total. The Bertz CT molecular complexity index is 669. The number of carbonyl (C=O) groups is 3. The molecule has 156 valence electrons. The van der Waals surface area contributed by atoms with Gasteiger partial charge in [-0.15, -0.1) is 6.58 Å². The van der Waals surface area contributed by atoms with Crippen molar-refractivity contribution < 1.29 is 19.1 Å². The summed E-state index contributed by atoms with van der Waals surface area (Å²) in [6.07, 6.45) is 3.47. The van der Waals surface area contributed by atoms with Crippen LogP contribution in [0.15, 0.2) is 31.0 Å². The number of urea groups is 1. The molecule has 28 heavy (non-hydrogen) atoms. The van der Waals surface area contributed by atoms with Crippen LogP contribution in [0, 0.1) is 5.92 Å². The van der Waals surface area contributed by atoms with Crippen LogP contribution in [-0.2, 0) is 27.9 Å². The molecule has 1 aromatic heterocycles. The van der Waals surface area contributed by atoms with Crippen molar-refractivity contribution >= 4 is 17.9 Å². The third-order valence-corrected chi connectivity index (χ3v) is 3.99. The van der Waals surface area contributed by atoms with Gasteiger partial charge in [0.2, 0.25) is 5.91 Å². The zero-order valence-corrected chi connectivity index (χ0v) is 17.3. The lowest BCUT2D eigenvalue weighted by Crippen LogP contribution is -2.48. The number of aryl methyl sites for hydroxylation is 1.